The lowest BCUT2D eigenvalue weighted by Crippen LogP contribution is -2.42. The summed E-state index contributed by atoms with van der Waals surface area (Å²) in [6.45, 7) is 5.98. The van der Waals surface area contributed by atoms with Crippen LogP contribution in [0.15, 0.2) is 16.7 Å². The molecule has 4 heteroatoms. The van der Waals surface area contributed by atoms with E-state index >= 15 is 0 Å². The Morgan fingerprint density at radius 2 is 2.35 bits per heavy atom. The van der Waals surface area contributed by atoms with Crippen LogP contribution in [0.1, 0.15) is 29.5 Å². The molecule has 0 saturated carbocycles. The van der Waals surface area contributed by atoms with Crippen LogP contribution in [-0.2, 0) is 0 Å². The van der Waals surface area contributed by atoms with Crippen LogP contribution in [0, 0.1) is 12.8 Å². The first-order valence-corrected chi connectivity index (χ1v) is 6.25. The number of nitrogens with one attached hydrogen (secondary N) is 1. The molecule has 3 rings (SSSR count). The lowest BCUT2D eigenvalue weighted by atomic mass is 10.0. The third-order valence-corrected chi connectivity index (χ3v) is 3.99. The van der Waals surface area contributed by atoms with Crippen LogP contribution in [0.5, 0.6) is 0 Å². The van der Waals surface area contributed by atoms with Crippen molar-refractivity contribution in [1.29, 1.82) is 0 Å². The van der Waals surface area contributed by atoms with Crippen molar-refractivity contribution in [3.63, 3.8) is 0 Å². The molecule has 3 atom stereocenters. The molecule has 0 aliphatic carbocycles. The van der Waals surface area contributed by atoms with Crippen LogP contribution in [0.25, 0.3) is 0 Å². The molecule has 0 bridgehead atoms. The largest absolute Gasteiger partial charge is 0.469 e. The number of likely N-dealkylation sites (tertiary alicyclic amines) is 1. The molecule has 0 aromatic carbocycles. The smallest absolute Gasteiger partial charge is 0.257 e. The van der Waals surface area contributed by atoms with Crippen molar-refractivity contribution >= 4 is 5.91 Å². The third-order valence-electron chi connectivity index (χ3n) is 3.99. The van der Waals surface area contributed by atoms with E-state index in [4.69, 9.17) is 4.42 Å². The third kappa shape index (κ3) is 1.67. The molecule has 0 spiro atoms. The molecule has 92 valence electrons. The average molecular weight is 234 g/mol. The maximum atomic E-state index is 12.5. The van der Waals surface area contributed by atoms with E-state index in [9.17, 15) is 4.79 Å². The number of furan rings is 1. The zero-order valence-electron chi connectivity index (χ0n) is 10.3. The summed E-state index contributed by atoms with van der Waals surface area (Å²) in [6.07, 6.45) is 2.68. The standard InChI is InChI=1S/C13H18N2O2/c1-8-3-10-5-14-6-12(10)15(8)13(16)11-4-9(2)17-7-11/h4,7-8,10,12,14H,3,5-6H2,1-2H3. The molecular formula is C13H18N2O2. The molecule has 17 heavy (non-hydrogen) atoms. The van der Waals surface area contributed by atoms with Crippen LogP contribution in [0.4, 0.5) is 0 Å². The molecule has 2 aliphatic rings. The van der Waals surface area contributed by atoms with Crippen LogP contribution >= 0.6 is 0 Å². The van der Waals surface area contributed by atoms with E-state index < -0.39 is 0 Å². The molecule has 1 aromatic rings. The van der Waals surface area contributed by atoms with E-state index in [1.807, 2.05) is 17.9 Å². The number of rotatable bonds is 1. The second-order valence-corrected chi connectivity index (χ2v) is 5.23. The molecule has 3 unspecified atom stereocenters. The van der Waals surface area contributed by atoms with Crippen LogP contribution in [0.3, 0.4) is 0 Å². The quantitative estimate of drug-likeness (QED) is 0.799. The second kappa shape index (κ2) is 3.88. The Bertz CT molecular complexity index is 440. The van der Waals surface area contributed by atoms with Gasteiger partial charge in [0.15, 0.2) is 0 Å². The van der Waals surface area contributed by atoms with Crippen LogP contribution in [-0.4, -0.2) is 36.0 Å². The fourth-order valence-electron chi connectivity index (χ4n) is 3.22. The number of aryl methyl sites for hydroxylation is 1. The Hall–Kier alpha value is -1.29. The van der Waals surface area contributed by atoms with Gasteiger partial charge in [0.05, 0.1) is 5.56 Å². The summed E-state index contributed by atoms with van der Waals surface area (Å²) in [7, 11) is 0. The van der Waals surface area contributed by atoms with Gasteiger partial charge in [-0.1, -0.05) is 0 Å². The highest BCUT2D eigenvalue weighted by Crippen LogP contribution is 2.33. The Kier molecular flexibility index (Phi) is 2.47. The number of hydrogen-bond donors (Lipinski definition) is 1. The SMILES string of the molecule is Cc1cc(C(=O)N2C(C)CC3CNCC32)co1. The predicted molar refractivity (Wildman–Crippen MR) is 63.8 cm³/mol. The Balaban J connectivity index is 1.85. The van der Waals surface area contributed by atoms with Gasteiger partial charge in [0.2, 0.25) is 0 Å². The van der Waals surface area contributed by atoms with Gasteiger partial charge in [0.1, 0.15) is 12.0 Å². The van der Waals surface area contributed by atoms with Crippen molar-refractivity contribution in [2.45, 2.75) is 32.4 Å². The normalized spacial score (nSPS) is 31.9. The number of carbonyl (C=O) groups is 1. The molecule has 1 N–H and O–H groups in total. The summed E-state index contributed by atoms with van der Waals surface area (Å²) < 4.78 is 5.23. The van der Waals surface area contributed by atoms with Gasteiger partial charge >= 0.3 is 0 Å². The molecule has 1 aromatic heterocycles. The molecule has 2 saturated heterocycles. The van der Waals surface area contributed by atoms with Gasteiger partial charge in [-0.2, -0.15) is 0 Å². The Morgan fingerprint density at radius 1 is 1.53 bits per heavy atom. The van der Waals surface area contributed by atoms with Crippen molar-refractivity contribution in [3.05, 3.63) is 23.7 Å². The highest BCUT2D eigenvalue weighted by molar-refractivity contribution is 5.94. The maximum absolute atomic E-state index is 12.5. The number of nitrogens with zero attached hydrogens (tertiary/aromatic N) is 1. The van der Waals surface area contributed by atoms with Gasteiger partial charge in [0, 0.05) is 25.2 Å². The van der Waals surface area contributed by atoms with Crippen molar-refractivity contribution in [2.24, 2.45) is 5.92 Å². The number of carbonyl (C=O) groups excluding carboxylic acids is 1. The summed E-state index contributed by atoms with van der Waals surface area (Å²) >= 11 is 0. The minimum absolute atomic E-state index is 0.116. The highest BCUT2D eigenvalue weighted by Gasteiger charge is 2.44. The molecule has 0 radical (unpaired) electrons. The summed E-state index contributed by atoms with van der Waals surface area (Å²) in [5, 5.41) is 3.37. The fraction of sp³-hybridized carbons (Fsp3) is 0.615. The molecule has 1 amide bonds. The summed E-state index contributed by atoms with van der Waals surface area (Å²) in [6, 6.07) is 2.53. The fourth-order valence-corrected chi connectivity index (χ4v) is 3.22. The Labute approximate surface area is 101 Å². The molecule has 2 aliphatic heterocycles. The molecule has 3 heterocycles. The number of hydrogen-bond acceptors (Lipinski definition) is 3. The molecule has 2 fully saturated rings. The average Bonchev–Trinajstić information content (AvgIpc) is 2.92. The van der Waals surface area contributed by atoms with Crippen LogP contribution in [0.2, 0.25) is 0 Å². The first kappa shape index (κ1) is 10.8. The van der Waals surface area contributed by atoms with E-state index in [2.05, 4.69) is 12.2 Å². The summed E-state index contributed by atoms with van der Waals surface area (Å²) in [4.78, 5) is 14.5. The van der Waals surface area contributed by atoms with Gasteiger partial charge in [-0.3, -0.25) is 4.79 Å². The summed E-state index contributed by atoms with van der Waals surface area (Å²) in [5.41, 5.74) is 0.682. The van der Waals surface area contributed by atoms with Gasteiger partial charge in [-0.15, -0.1) is 0 Å². The number of fused-ring (bicyclic) bond motifs is 1. The van der Waals surface area contributed by atoms with Crippen molar-refractivity contribution < 1.29 is 9.21 Å². The number of amides is 1. The minimum Gasteiger partial charge on any atom is -0.469 e. The van der Waals surface area contributed by atoms with Gasteiger partial charge in [0.25, 0.3) is 5.91 Å². The van der Waals surface area contributed by atoms with Crippen LogP contribution < -0.4 is 5.32 Å². The van der Waals surface area contributed by atoms with Crippen molar-refractivity contribution in [3.8, 4) is 0 Å². The molecular weight excluding hydrogens is 216 g/mol. The van der Waals surface area contributed by atoms with E-state index in [1.165, 1.54) is 0 Å². The lowest BCUT2D eigenvalue weighted by molar-refractivity contribution is 0.0681. The van der Waals surface area contributed by atoms with Gasteiger partial charge in [-0.05, 0) is 32.3 Å². The monoisotopic (exact) mass is 234 g/mol. The second-order valence-electron chi connectivity index (χ2n) is 5.23. The van der Waals surface area contributed by atoms with E-state index in [0.29, 0.717) is 23.6 Å². The van der Waals surface area contributed by atoms with Gasteiger partial charge < -0.3 is 14.6 Å². The topological polar surface area (TPSA) is 45.5 Å². The van der Waals surface area contributed by atoms with Crippen molar-refractivity contribution in [2.75, 3.05) is 13.1 Å². The van der Waals surface area contributed by atoms with E-state index in [1.54, 1.807) is 6.26 Å². The highest BCUT2D eigenvalue weighted by atomic mass is 16.3. The Morgan fingerprint density at radius 3 is 3.06 bits per heavy atom. The maximum Gasteiger partial charge on any atom is 0.257 e. The zero-order chi connectivity index (χ0) is 12.0. The minimum atomic E-state index is 0.116. The zero-order valence-corrected chi connectivity index (χ0v) is 10.3. The molecule has 4 nitrogen and oxygen atoms in total. The predicted octanol–water partition coefficient (Wildman–Crippen LogP) is 1.41. The first-order valence-electron chi connectivity index (χ1n) is 6.25. The van der Waals surface area contributed by atoms with E-state index in [0.717, 1.165) is 25.3 Å². The lowest BCUT2D eigenvalue weighted by Gasteiger charge is -2.27. The van der Waals surface area contributed by atoms with E-state index in [-0.39, 0.29) is 5.91 Å². The van der Waals surface area contributed by atoms with Crippen molar-refractivity contribution in [1.82, 2.24) is 10.2 Å². The van der Waals surface area contributed by atoms with Gasteiger partial charge in [-0.25, -0.2) is 0 Å². The first-order chi connectivity index (χ1) is 8.16. The summed E-state index contributed by atoms with van der Waals surface area (Å²) in [5.74, 6) is 1.54.